The molecule has 4 atom stereocenters. The van der Waals surface area contributed by atoms with Gasteiger partial charge in [0.05, 0.1) is 40.0 Å². The van der Waals surface area contributed by atoms with Gasteiger partial charge in [-0.15, -0.1) is 0 Å². The van der Waals surface area contributed by atoms with Crippen LogP contribution in [-0.4, -0.2) is 97.3 Å². The number of aliphatic hydroxyl groups excluding tert-OH is 2. The summed E-state index contributed by atoms with van der Waals surface area (Å²) in [6.07, 6.45) is 42.2. The number of nitrogens with zero attached hydrogens (tertiary/aromatic N) is 1. The predicted octanol–water partition coefficient (Wildman–Crippen LogP) is 12.2. The van der Waals surface area contributed by atoms with E-state index >= 15 is 0 Å². The van der Waals surface area contributed by atoms with Gasteiger partial charge in [-0.25, -0.2) is 4.57 Å². The Kier molecular flexibility index (Phi) is 40.2. The van der Waals surface area contributed by atoms with Crippen molar-refractivity contribution in [1.29, 1.82) is 0 Å². The summed E-state index contributed by atoms with van der Waals surface area (Å²) < 4.78 is 34.2. The maximum absolute atomic E-state index is 12.7. The molecule has 62 heavy (non-hydrogen) atoms. The van der Waals surface area contributed by atoms with Crippen LogP contribution in [0.25, 0.3) is 0 Å². The minimum atomic E-state index is -4.44. The molecule has 362 valence electrons. The minimum absolute atomic E-state index is 0.00794. The molecule has 0 saturated carbocycles. The van der Waals surface area contributed by atoms with Crippen molar-refractivity contribution in [3.05, 3.63) is 48.6 Å². The number of allylic oxidation sites excluding steroid dienone is 5. The number of aliphatic hydroxyl groups is 2. The summed E-state index contributed by atoms with van der Waals surface area (Å²) in [5, 5.41) is 20.3. The first-order valence-electron chi connectivity index (χ1n) is 24.6. The quantitative estimate of drug-likeness (QED) is 0.0135. The van der Waals surface area contributed by atoms with Crippen LogP contribution in [0.2, 0.25) is 0 Å². The fourth-order valence-corrected chi connectivity index (χ4v) is 7.36. The minimum Gasteiger partial charge on any atom is -0.462 e. The summed E-state index contributed by atoms with van der Waals surface area (Å²) in [6, 6.07) is 0. The van der Waals surface area contributed by atoms with E-state index in [2.05, 4.69) is 19.9 Å². The summed E-state index contributed by atoms with van der Waals surface area (Å²) >= 11 is 0. The van der Waals surface area contributed by atoms with Gasteiger partial charge in [0.1, 0.15) is 19.8 Å². The summed E-state index contributed by atoms with van der Waals surface area (Å²) in [7, 11) is 1.34. The Balaban J connectivity index is 4.50. The second-order valence-electron chi connectivity index (χ2n) is 17.9. The van der Waals surface area contributed by atoms with Gasteiger partial charge in [-0.3, -0.25) is 18.6 Å². The van der Waals surface area contributed by atoms with Crippen LogP contribution in [0.3, 0.4) is 0 Å². The third-order valence-electron chi connectivity index (χ3n) is 10.6. The highest BCUT2D eigenvalue weighted by atomic mass is 31.2. The molecule has 0 amide bonds. The van der Waals surface area contributed by atoms with Gasteiger partial charge in [-0.05, 0) is 38.5 Å². The van der Waals surface area contributed by atoms with Crippen molar-refractivity contribution in [1.82, 2.24) is 0 Å². The molecule has 0 saturated heterocycles. The topological polar surface area (TPSA) is 149 Å². The van der Waals surface area contributed by atoms with Crippen molar-refractivity contribution in [2.24, 2.45) is 0 Å². The fourth-order valence-electron chi connectivity index (χ4n) is 6.62. The molecular formula is C50H93NO10P+. The highest BCUT2D eigenvalue weighted by Crippen LogP contribution is 2.43. The van der Waals surface area contributed by atoms with Gasteiger partial charge in [0.25, 0.3) is 0 Å². The summed E-state index contributed by atoms with van der Waals surface area (Å²) in [5.74, 6) is -1.03. The third-order valence-corrected chi connectivity index (χ3v) is 11.5. The Morgan fingerprint density at radius 1 is 0.581 bits per heavy atom. The molecule has 0 aromatic carbocycles. The van der Waals surface area contributed by atoms with Crippen LogP contribution in [0.5, 0.6) is 0 Å². The van der Waals surface area contributed by atoms with Gasteiger partial charge in [0, 0.05) is 12.8 Å². The van der Waals surface area contributed by atoms with Crippen molar-refractivity contribution in [2.45, 2.75) is 212 Å². The number of quaternary nitrogens is 1. The Morgan fingerprint density at radius 3 is 1.60 bits per heavy atom. The van der Waals surface area contributed by atoms with Crippen LogP contribution in [-0.2, 0) is 32.7 Å². The summed E-state index contributed by atoms with van der Waals surface area (Å²) in [6.45, 7) is 4.10. The lowest BCUT2D eigenvalue weighted by Crippen LogP contribution is -2.37. The van der Waals surface area contributed by atoms with E-state index in [0.29, 0.717) is 36.7 Å². The van der Waals surface area contributed by atoms with E-state index < -0.39 is 44.7 Å². The average molecular weight is 899 g/mol. The number of carbonyl (C=O) groups excluding carboxylic acids is 2. The van der Waals surface area contributed by atoms with Gasteiger partial charge in [-0.1, -0.05) is 191 Å². The van der Waals surface area contributed by atoms with Crippen LogP contribution >= 0.6 is 7.82 Å². The molecule has 3 N–H and O–H groups in total. The molecule has 0 aliphatic carbocycles. The molecule has 0 heterocycles. The molecular weight excluding hydrogens is 806 g/mol. The Bertz CT molecular complexity index is 1230. The number of hydrogen-bond acceptors (Lipinski definition) is 9. The number of phosphoric ester groups is 1. The van der Waals surface area contributed by atoms with Crippen LogP contribution in [0.15, 0.2) is 48.6 Å². The number of ether oxygens (including phenoxy) is 2. The molecule has 12 heteroatoms. The molecule has 11 nitrogen and oxygen atoms in total. The Morgan fingerprint density at radius 2 is 1.06 bits per heavy atom. The molecule has 1 unspecified atom stereocenters. The lowest BCUT2D eigenvalue weighted by Gasteiger charge is -2.24. The molecule has 0 bridgehead atoms. The van der Waals surface area contributed by atoms with Crippen molar-refractivity contribution in [3.8, 4) is 0 Å². The second-order valence-corrected chi connectivity index (χ2v) is 19.4. The number of esters is 2. The zero-order chi connectivity index (χ0) is 46.0. The lowest BCUT2D eigenvalue weighted by atomic mass is 10.0. The number of hydrogen-bond donors (Lipinski definition) is 3. The molecule has 0 rings (SSSR count). The number of likely N-dealkylation sites (N-methyl/N-ethyl adjacent to an activating group) is 1. The average Bonchev–Trinajstić information content (AvgIpc) is 3.21. The number of unbranched alkanes of at least 4 members (excludes halogenated alkanes) is 21. The van der Waals surface area contributed by atoms with E-state index in [4.69, 9.17) is 18.5 Å². The molecule has 0 radical (unpaired) electrons. The van der Waals surface area contributed by atoms with Crippen LogP contribution < -0.4 is 0 Å². The van der Waals surface area contributed by atoms with Gasteiger partial charge >= 0.3 is 19.8 Å². The smallest absolute Gasteiger partial charge is 0.462 e. The Hall–Kier alpha value is -2.11. The maximum Gasteiger partial charge on any atom is 0.472 e. The monoisotopic (exact) mass is 899 g/mol. The van der Waals surface area contributed by atoms with E-state index in [-0.39, 0.29) is 26.1 Å². The first-order chi connectivity index (χ1) is 29.8. The molecule has 0 aromatic heterocycles. The first-order valence-corrected chi connectivity index (χ1v) is 26.1. The lowest BCUT2D eigenvalue weighted by molar-refractivity contribution is -0.870. The van der Waals surface area contributed by atoms with E-state index in [1.807, 2.05) is 27.2 Å². The van der Waals surface area contributed by atoms with Crippen LogP contribution in [0.4, 0.5) is 0 Å². The molecule has 0 aliphatic heterocycles. The highest BCUT2D eigenvalue weighted by molar-refractivity contribution is 7.47. The number of carbonyl (C=O) groups is 2. The van der Waals surface area contributed by atoms with Crippen molar-refractivity contribution in [3.63, 3.8) is 0 Å². The molecule has 0 fully saturated rings. The largest absolute Gasteiger partial charge is 0.472 e. The fraction of sp³-hybridized carbons (Fsp3) is 0.800. The van der Waals surface area contributed by atoms with E-state index in [1.54, 1.807) is 36.5 Å². The zero-order valence-corrected chi connectivity index (χ0v) is 41.0. The highest BCUT2D eigenvalue weighted by Gasteiger charge is 2.27. The van der Waals surface area contributed by atoms with Gasteiger partial charge in [0.15, 0.2) is 6.10 Å². The number of phosphoric acid groups is 1. The maximum atomic E-state index is 12.7. The van der Waals surface area contributed by atoms with E-state index in [0.717, 1.165) is 25.7 Å². The SMILES string of the molecule is CCCCC/C=C\C[C@@H](O)/C=C/C=C/C=C\[C@@H](O)CCCC(=O)OC[C@H](COP(=O)(O)OCC[N+](C)(C)C)OC(=O)CCCCCCCCCCCCCCCCCCCCC. The first kappa shape index (κ1) is 59.9. The Labute approximate surface area is 379 Å². The van der Waals surface area contributed by atoms with Gasteiger partial charge in [0.2, 0.25) is 0 Å². The number of rotatable bonds is 44. The summed E-state index contributed by atoms with van der Waals surface area (Å²) in [5.41, 5.74) is 0. The normalized spacial score (nSPS) is 14.9. The van der Waals surface area contributed by atoms with E-state index in [9.17, 15) is 29.3 Å². The van der Waals surface area contributed by atoms with Crippen LogP contribution in [0.1, 0.15) is 194 Å². The van der Waals surface area contributed by atoms with Gasteiger partial charge in [-0.2, -0.15) is 0 Å². The van der Waals surface area contributed by atoms with Crippen LogP contribution in [0, 0.1) is 0 Å². The van der Waals surface area contributed by atoms with Crippen molar-refractivity contribution in [2.75, 3.05) is 47.5 Å². The van der Waals surface area contributed by atoms with E-state index in [1.165, 1.54) is 116 Å². The standard InChI is InChI=1S/C50H92NO10P/c1-6-8-10-12-14-15-16-17-18-19-20-21-22-23-24-25-26-28-34-40-50(55)61-48(45-60-62(56,57)59-43-42-51(3,4)5)44-58-49(54)41-35-39-47(53)38-33-30-29-32-37-46(52)36-31-27-13-11-9-7-2/h27,29-33,37-38,46-48,52-53H,6-26,28,34-36,39-45H2,1-5H3/p+1/b30-29+,31-27-,37-32+,38-33-/t46-,47-,48-/m1/s1. The third kappa shape index (κ3) is 44.5. The molecule has 0 spiro atoms. The van der Waals surface area contributed by atoms with Crippen molar-refractivity contribution < 1.29 is 52.3 Å². The second kappa shape index (κ2) is 41.6. The van der Waals surface area contributed by atoms with Gasteiger partial charge < -0.3 is 29.1 Å². The molecule has 0 aliphatic rings. The summed E-state index contributed by atoms with van der Waals surface area (Å²) in [4.78, 5) is 35.5. The zero-order valence-electron chi connectivity index (χ0n) is 40.1. The van der Waals surface area contributed by atoms with Crippen molar-refractivity contribution >= 4 is 19.8 Å². The molecule has 0 aromatic rings. The predicted molar refractivity (Wildman–Crippen MR) is 255 cm³/mol.